The van der Waals surface area contributed by atoms with Crippen molar-refractivity contribution in [2.24, 2.45) is 10.7 Å². The molecule has 146 valence electrons. The third-order valence-corrected chi connectivity index (χ3v) is 5.23. The Morgan fingerprint density at radius 3 is 2.52 bits per heavy atom. The Kier molecular flexibility index (Phi) is 8.64. The van der Waals surface area contributed by atoms with Gasteiger partial charge in [-0.15, -0.1) is 0 Å². The van der Waals surface area contributed by atoms with Crippen molar-refractivity contribution >= 4 is 16.8 Å². The number of guanidine groups is 1. The summed E-state index contributed by atoms with van der Waals surface area (Å²) in [6.07, 6.45) is 0.774. The van der Waals surface area contributed by atoms with Gasteiger partial charge in [0.1, 0.15) is 0 Å². The maximum absolute atomic E-state index is 12.1. The van der Waals surface area contributed by atoms with Gasteiger partial charge < -0.3 is 20.5 Å². The Labute approximate surface area is 163 Å². The molecular formula is C20H27N3O3S. The lowest BCUT2D eigenvalue weighted by Gasteiger charge is -2.10. The largest absolute Gasteiger partial charge is 0.493 e. The van der Waals surface area contributed by atoms with E-state index in [0.29, 0.717) is 42.1 Å². The highest BCUT2D eigenvalue weighted by Crippen LogP contribution is 2.27. The number of nitrogens with zero attached hydrogens (tertiary/aromatic N) is 1. The number of hydrogen-bond acceptors (Lipinski definition) is 4. The number of ether oxygens (including phenoxy) is 2. The summed E-state index contributed by atoms with van der Waals surface area (Å²) >= 11 is 0. The summed E-state index contributed by atoms with van der Waals surface area (Å²) < 4.78 is 22.6. The lowest BCUT2D eigenvalue weighted by molar-refractivity contribution is 0.354. The monoisotopic (exact) mass is 389 g/mol. The number of aliphatic imine (C=N–C) groups is 1. The molecule has 0 spiro atoms. The summed E-state index contributed by atoms with van der Waals surface area (Å²) in [6.45, 7) is 1.09. The van der Waals surface area contributed by atoms with Crippen LogP contribution in [0.3, 0.4) is 0 Å². The Bertz CT molecular complexity index is 766. The smallest absolute Gasteiger partial charge is 0.188 e. The number of methoxy groups -OCH3 is 2. The lowest BCUT2D eigenvalue weighted by Crippen LogP contribution is -2.33. The van der Waals surface area contributed by atoms with E-state index in [1.54, 1.807) is 14.2 Å². The highest BCUT2D eigenvalue weighted by atomic mass is 32.2. The molecule has 0 saturated carbocycles. The van der Waals surface area contributed by atoms with Crippen molar-refractivity contribution in [2.75, 3.05) is 33.1 Å². The highest BCUT2D eigenvalue weighted by Gasteiger charge is 2.05. The third kappa shape index (κ3) is 7.30. The standard InChI is InChI=1S/C20H27N3O3S/c1-25-18-9-8-16(14-19(18)26-2)10-11-22-20(21)23-12-13-27(24)15-17-6-4-3-5-7-17/h3-9,14H,10-13,15H2,1-2H3,(H3,21,22,23). The van der Waals surface area contributed by atoms with E-state index in [2.05, 4.69) is 10.3 Å². The van der Waals surface area contributed by atoms with Crippen molar-refractivity contribution < 1.29 is 13.7 Å². The fourth-order valence-corrected chi connectivity index (χ4v) is 3.53. The minimum atomic E-state index is -0.946. The van der Waals surface area contributed by atoms with E-state index >= 15 is 0 Å². The van der Waals surface area contributed by atoms with Gasteiger partial charge in [-0.2, -0.15) is 0 Å². The first-order chi connectivity index (χ1) is 13.1. The van der Waals surface area contributed by atoms with Gasteiger partial charge in [0.05, 0.1) is 20.8 Å². The van der Waals surface area contributed by atoms with Crippen LogP contribution < -0.4 is 20.5 Å². The van der Waals surface area contributed by atoms with Gasteiger partial charge in [0, 0.05) is 28.9 Å². The molecule has 0 bridgehead atoms. The Morgan fingerprint density at radius 1 is 1.07 bits per heavy atom. The zero-order valence-corrected chi connectivity index (χ0v) is 16.6. The van der Waals surface area contributed by atoms with Crippen LogP contribution in [0.4, 0.5) is 0 Å². The van der Waals surface area contributed by atoms with E-state index < -0.39 is 10.8 Å². The van der Waals surface area contributed by atoms with E-state index in [-0.39, 0.29) is 0 Å². The molecular weight excluding hydrogens is 362 g/mol. The fraction of sp³-hybridized carbons (Fsp3) is 0.350. The van der Waals surface area contributed by atoms with E-state index in [4.69, 9.17) is 15.2 Å². The second-order valence-corrected chi connectivity index (χ2v) is 7.48. The zero-order valence-electron chi connectivity index (χ0n) is 15.8. The van der Waals surface area contributed by atoms with Gasteiger partial charge >= 0.3 is 0 Å². The molecule has 0 aliphatic rings. The number of nitrogens with one attached hydrogen (secondary N) is 1. The molecule has 0 aromatic heterocycles. The lowest BCUT2D eigenvalue weighted by atomic mass is 10.1. The molecule has 0 aliphatic heterocycles. The third-order valence-electron chi connectivity index (χ3n) is 3.94. The van der Waals surface area contributed by atoms with Gasteiger partial charge in [0.2, 0.25) is 0 Å². The van der Waals surface area contributed by atoms with E-state index in [0.717, 1.165) is 17.5 Å². The average molecular weight is 390 g/mol. The summed E-state index contributed by atoms with van der Waals surface area (Å²) in [5.74, 6) is 2.82. The Hall–Kier alpha value is -2.54. The number of benzene rings is 2. The minimum Gasteiger partial charge on any atom is -0.493 e. The molecule has 2 aromatic carbocycles. The van der Waals surface area contributed by atoms with Crippen LogP contribution >= 0.6 is 0 Å². The first-order valence-corrected chi connectivity index (χ1v) is 10.2. The van der Waals surface area contributed by atoms with Crippen molar-refractivity contribution in [3.8, 4) is 11.5 Å². The van der Waals surface area contributed by atoms with Gasteiger partial charge in [-0.1, -0.05) is 36.4 Å². The van der Waals surface area contributed by atoms with E-state index in [1.807, 2.05) is 48.5 Å². The first kappa shape index (κ1) is 20.8. The minimum absolute atomic E-state index is 0.368. The number of rotatable bonds is 10. The van der Waals surface area contributed by atoms with Crippen molar-refractivity contribution in [2.45, 2.75) is 12.2 Å². The van der Waals surface area contributed by atoms with Crippen LogP contribution in [-0.4, -0.2) is 43.2 Å². The molecule has 2 aromatic rings. The van der Waals surface area contributed by atoms with Crippen LogP contribution in [0.25, 0.3) is 0 Å². The van der Waals surface area contributed by atoms with Crippen LogP contribution in [0.5, 0.6) is 11.5 Å². The predicted molar refractivity (Wildman–Crippen MR) is 111 cm³/mol. The Morgan fingerprint density at radius 2 is 1.81 bits per heavy atom. The summed E-state index contributed by atoms with van der Waals surface area (Å²) in [5, 5.41) is 3.08. The van der Waals surface area contributed by atoms with Crippen LogP contribution in [0.2, 0.25) is 0 Å². The summed E-state index contributed by atoms with van der Waals surface area (Å²) in [5.41, 5.74) is 8.05. The molecule has 7 heteroatoms. The first-order valence-electron chi connectivity index (χ1n) is 8.76. The average Bonchev–Trinajstić information content (AvgIpc) is 2.68. The second-order valence-electron chi connectivity index (χ2n) is 5.91. The highest BCUT2D eigenvalue weighted by molar-refractivity contribution is 7.84. The molecule has 0 radical (unpaired) electrons. The predicted octanol–water partition coefficient (Wildman–Crippen LogP) is 2.10. The van der Waals surface area contributed by atoms with Crippen LogP contribution in [0, 0.1) is 0 Å². The summed E-state index contributed by atoms with van der Waals surface area (Å²) in [6, 6.07) is 15.6. The molecule has 1 unspecified atom stereocenters. The zero-order chi connectivity index (χ0) is 19.5. The van der Waals surface area contributed by atoms with Gasteiger partial charge in [-0.3, -0.25) is 9.20 Å². The molecule has 0 fully saturated rings. The topological polar surface area (TPSA) is 85.9 Å². The number of nitrogens with two attached hydrogens (primary N) is 1. The van der Waals surface area contributed by atoms with Gasteiger partial charge in [0.15, 0.2) is 17.5 Å². The van der Waals surface area contributed by atoms with Crippen LogP contribution in [0.1, 0.15) is 11.1 Å². The summed E-state index contributed by atoms with van der Waals surface area (Å²) in [7, 11) is 2.29. The van der Waals surface area contributed by atoms with E-state index in [9.17, 15) is 4.21 Å². The normalized spacial score (nSPS) is 12.4. The molecule has 0 saturated heterocycles. The molecule has 6 nitrogen and oxygen atoms in total. The van der Waals surface area contributed by atoms with Crippen molar-refractivity contribution in [1.82, 2.24) is 5.32 Å². The molecule has 0 heterocycles. The maximum Gasteiger partial charge on any atom is 0.188 e. The molecule has 27 heavy (non-hydrogen) atoms. The van der Waals surface area contributed by atoms with Gasteiger partial charge in [0.25, 0.3) is 0 Å². The quantitative estimate of drug-likeness (QED) is 0.480. The summed E-state index contributed by atoms with van der Waals surface area (Å²) in [4.78, 5) is 4.24. The molecule has 0 aliphatic carbocycles. The maximum atomic E-state index is 12.1. The SMILES string of the molecule is COc1ccc(CCNC(N)=NCCS(=O)Cc2ccccc2)cc1OC. The molecule has 3 N–H and O–H groups in total. The molecule has 1 atom stereocenters. The van der Waals surface area contributed by atoms with Crippen LogP contribution in [-0.2, 0) is 23.0 Å². The second kappa shape index (κ2) is 11.2. The van der Waals surface area contributed by atoms with Crippen molar-refractivity contribution in [3.63, 3.8) is 0 Å². The van der Waals surface area contributed by atoms with Crippen LogP contribution in [0.15, 0.2) is 53.5 Å². The van der Waals surface area contributed by atoms with Crippen molar-refractivity contribution in [3.05, 3.63) is 59.7 Å². The Balaban J connectivity index is 1.70. The molecule has 0 amide bonds. The fourth-order valence-electron chi connectivity index (χ4n) is 2.53. The number of hydrogen-bond donors (Lipinski definition) is 2. The van der Waals surface area contributed by atoms with E-state index in [1.165, 1.54) is 0 Å². The van der Waals surface area contributed by atoms with Gasteiger partial charge in [-0.25, -0.2) is 0 Å². The van der Waals surface area contributed by atoms with Crippen molar-refractivity contribution in [1.29, 1.82) is 0 Å². The van der Waals surface area contributed by atoms with Gasteiger partial charge in [-0.05, 0) is 29.7 Å². The molecule has 2 rings (SSSR count).